The number of allylic oxidation sites excluding steroid dienone is 1. The Morgan fingerprint density at radius 1 is 1.47 bits per heavy atom. The normalized spacial score (nSPS) is 17.3. The zero-order chi connectivity index (χ0) is 10.8. The van der Waals surface area contributed by atoms with E-state index in [9.17, 15) is 0 Å². The van der Waals surface area contributed by atoms with Gasteiger partial charge in [0, 0.05) is 16.3 Å². The topological polar surface area (TPSA) is 3.24 Å². The molecule has 0 bridgehead atoms. The Kier molecular flexibility index (Phi) is 3.32. The first-order chi connectivity index (χ1) is 7.30. The minimum absolute atomic E-state index is 1.04. The molecule has 0 aliphatic carbocycles. The lowest BCUT2D eigenvalue weighted by molar-refractivity contribution is 0.996. The number of thioether (sulfide) groups is 2. The molecular formula is C12H15NS2. The van der Waals surface area contributed by atoms with Crippen LogP contribution in [0, 0.1) is 0 Å². The van der Waals surface area contributed by atoms with E-state index in [1.165, 1.54) is 20.5 Å². The van der Waals surface area contributed by atoms with Crippen LogP contribution >= 0.6 is 23.5 Å². The second-order valence-corrected chi connectivity index (χ2v) is 5.25. The molecule has 0 aromatic heterocycles. The largest absolute Gasteiger partial charge is 0.336 e. The van der Waals surface area contributed by atoms with Gasteiger partial charge in [-0.2, -0.15) is 0 Å². The average molecular weight is 237 g/mol. The van der Waals surface area contributed by atoms with Crippen LogP contribution in [-0.4, -0.2) is 12.8 Å². The number of hydrogen-bond donors (Lipinski definition) is 0. The Labute approximate surface area is 99.9 Å². The summed E-state index contributed by atoms with van der Waals surface area (Å²) in [6, 6.07) is 6.71. The van der Waals surface area contributed by atoms with E-state index in [1.54, 1.807) is 11.8 Å². The van der Waals surface area contributed by atoms with Crippen molar-refractivity contribution in [1.29, 1.82) is 0 Å². The molecule has 0 saturated heterocycles. The summed E-state index contributed by atoms with van der Waals surface area (Å²) in [5.41, 5.74) is 1.36. The van der Waals surface area contributed by atoms with Crippen LogP contribution in [0.5, 0.6) is 0 Å². The second kappa shape index (κ2) is 4.54. The fourth-order valence-electron chi connectivity index (χ4n) is 1.75. The number of rotatable bonds is 2. The molecule has 1 heterocycles. The molecule has 3 heteroatoms. The maximum Gasteiger partial charge on any atom is 0.0757 e. The van der Waals surface area contributed by atoms with Gasteiger partial charge in [-0.15, -0.1) is 11.8 Å². The monoisotopic (exact) mass is 237 g/mol. The molecule has 0 N–H and O–H groups in total. The lowest BCUT2D eigenvalue weighted by Gasteiger charge is -2.17. The number of fused-ring (bicyclic) bond motifs is 1. The number of nitrogens with zero attached hydrogens (tertiary/aromatic N) is 1. The molecule has 0 amide bonds. The van der Waals surface area contributed by atoms with Crippen LogP contribution in [0.25, 0.3) is 0 Å². The summed E-state index contributed by atoms with van der Waals surface area (Å²) in [7, 11) is 0. The van der Waals surface area contributed by atoms with Crippen LogP contribution in [0.2, 0.25) is 0 Å². The third-order valence-corrected chi connectivity index (χ3v) is 4.46. The third kappa shape index (κ3) is 1.91. The molecule has 0 atom stereocenters. The van der Waals surface area contributed by atoms with E-state index in [4.69, 9.17) is 0 Å². The van der Waals surface area contributed by atoms with Crippen molar-refractivity contribution in [3.8, 4) is 0 Å². The zero-order valence-electron chi connectivity index (χ0n) is 9.28. The summed E-state index contributed by atoms with van der Waals surface area (Å²) in [5, 5.41) is 1.35. The maximum atomic E-state index is 2.37. The summed E-state index contributed by atoms with van der Waals surface area (Å²) in [5.74, 6) is 0. The second-order valence-electron chi connectivity index (χ2n) is 3.31. The van der Waals surface area contributed by atoms with Crippen molar-refractivity contribution in [3.05, 3.63) is 29.3 Å². The molecule has 1 nitrogen and oxygen atoms in total. The average Bonchev–Trinajstić information content (AvgIpc) is 2.65. The molecule has 0 unspecified atom stereocenters. The van der Waals surface area contributed by atoms with Gasteiger partial charge in [-0.1, -0.05) is 17.8 Å². The first kappa shape index (κ1) is 11.0. The van der Waals surface area contributed by atoms with Gasteiger partial charge in [0.05, 0.1) is 10.7 Å². The van der Waals surface area contributed by atoms with E-state index in [0.717, 1.165) is 6.54 Å². The van der Waals surface area contributed by atoms with Crippen LogP contribution in [-0.2, 0) is 0 Å². The van der Waals surface area contributed by atoms with Crippen molar-refractivity contribution in [2.75, 3.05) is 17.7 Å². The summed E-state index contributed by atoms with van der Waals surface area (Å²) >= 11 is 3.67. The number of anilines is 1. The predicted octanol–water partition coefficient (Wildman–Crippen LogP) is 4.20. The van der Waals surface area contributed by atoms with Crippen molar-refractivity contribution in [3.63, 3.8) is 0 Å². The van der Waals surface area contributed by atoms with Gasteiger partial charge in [0.1, 0.15) is 0 Å². The lowest BCUT2D eigenvalue weighted by Crippen LogP contribution is -2.16. The molecule has 1 aliphatic rings. The van der Waals surface area contributed by atoms with Gasteiger partial charge in [-0.3, -0.25) is 0 Å². The summed E-state index contributed by atoms with van der Waals surface area (Å²) < 4.78 is 0. The zero-order valence-corrected chi connectivity index (χ0v) is 10.9. The molecule has 0 saturated carbocycles. The Morgan fingerprint density at radius 2 is 2.27 bits per heavy atom. The van der Waals surface area contributed by atoms with Crippen molar-refractivity contribution >= 4 is 29.2 Å². The van der Waals surface area contributed by atoms with Gasteiger partial charge in [-0.05, 0) is 38.3 Å². The SMILES string of the molecule is C/C=C1\Sc2ccc(SC)cc2N1CC. The fraction of sp³-hybridized carbons (Fsp3) is 0.333. The van der Waals surface area contributed by atoms with Crippen molar-refractivity contribution in [1.82, 2.24) is 0 Å². The standard InChI is InChI=1S/C12H15NS2/c1-4-12-13(5-2)10-8-9(14-3)6-7-11(10)15-12/h4,6-8H,5H2,1-3H3/b12-4-. The highest BCUT2D eigenvalue weighted by Crippen LogP contribution is 2.46. The Balaban J connectivity index is 2.45. The fourth-order valence-corrected chi connectivity index (χ4v) is 3.27. The summed E-state index contributed by atoms with van der Waals surface area (Å²) in [4.78, 5) is 5.09. The smallest absolute Gasteiger partial charge is 0.0757 e. The van der Waals surface area contributed by atoms with E-state index < -0.39 is 0 Å². The van der Waals surface area contributed by atoms with E-state index in [1.807, 2.05) is 11.8 Å². The van der Waals surface area contributed by atoms with Gasteiger partial charge in [0.25, 0.3) is 0 Å². The highest BCUT2D eigenvalue weighted by atomic mass is 32.2. The highest BCUT2D eigenvalue weighted by molar-refractivity contribution is 8.03. The van der Waals surface area contributed by atoms with E-state index in [-0.39, 0.29) is 0 Å². The first-order valence-corrected chi connectivity index (χ1v) is 7.14. The molecule has 0 spiro atoms. The van der Waals surface area contributed by atoms with Crippen LogP contribution < -0.4 is 4.90 Å². The van der Waals surface area contributed by atoms with Crippen molar-refractivity contribution in [2.24, 2.45) is 0 Å². The van der Waals surface area contributed by atoms with Crippen LogP contribution in [0.15, 0.2) is 39.1 Å². The van der Waals surface area contributed by atoms with Gasteiger partial charge < -0.3 is 4.90 Å². The first-order valence-electron chi connectivity index (χ1n) is 5.10. The van der Waals surface area contributed by atoms with Crippen LogP contribution in [0.4, 0.5) is 5.69 Å². The van der Waals surface area contributed by atoms with Gasteiger partial charge in [0.2, 0.25) is 0 Å². The molecule has 0 radical (unpaired) electrons. The number of hydrogen-bond acceptors (Lipinski definition) is 3. The van der Waals surface area contributed by atoms with Crippen LogP contribution in [0.1, 0.15) is 13.8 Å². The van der Waals surface area contributed by atoms with E-state index in [0.29, 0.717) is 0 Å². The van der Waals surface area contributed by atoms with E-state index >= 15 is 0 Å². The van der Waals surface area contributed by atoms with E-state index in [2.05, 4.69) is 49.3 Å². The summed E-state index contributed by atoms with van der Waals surface area (Å²) in [6.45, 7) is 5.34. The molecule has 1 aliphatic heterocycles. The van der Waals surface area contributed by atoms with Crippen LogP contribution in [0.3, 0.4) is 0 Å². The molecule has 2 rings (SSSR count). The molecule has 80 valence electrons. The quantitative estimate of drug-likeness (QED) is 0.710. The highest BCUT2D eigenvalue weighted by Gasteiger charge is 2.23. The van der Waals surface area contributed by atoms with Gasteiger partial charge in [-0.25, -0.2) is 0 Å². The Bertz CT molecular complexity index is 399. The van der Waals surface area contributed by atoms with Crippen molar-refractivity contribution in [2.45, 2.75) is 23.6 Å². The Morgan fingerprint density at radius 3 is 2.87 bits per heavy atom. The minimum atomic E-state index is 1.04. The van der Waals surface area contributed by atoms with Gasteiger partial charge >= 0.3 is 0 Å². The van der Waals surface area contributed by atoms with Gasteiger partial charge in [0.15, 0.2) is 0 Å². The molecule has 1 aromatic rings. The number of benzene rings is 1. The third-order valence-electron chi connectivity index (χ3n) is 2.50. The molecular weight excluding hydrogens is 222 g/mol. The maximum absolute atomic E-state index is 2.37. The van der Waals surface area contributed by atoms with Crippen molar-refractivity contribution < 1.29 is 0 Å². The summed E-state index contributed by atoms with van der Waals surface area (Å²) in [6.07, 6.45) is 4.31. The molecule has 1 aromatic carbocycles. The lowest BCUT2D eigenvalue weighted by atomic mass is 10.3. The predicted molar refractivity (Wildman–Crippen MR) is 70.9 cm³/mol. The molecule has 0 fully saturated rings. The minimum Gasteiger partial charge on any atom is -0.336 e. The molecule has 15 heavy (non-hydrogen) atoms. The Hall–Kier alpha value is -0.540.